The predicted octanol–water partition coefficient (Wildman–Crippen LogP) is 4.75. The monoisotopic (exact) mass is 289 g/mol. The zero-order chi connectivity index (χ0) is 14.2. The summed E-state index contributed by atoms with van der Waals surface area (Å²) < 4.78 is 51.2. The van der Waals surface area contributed by atoms with Crippen molar-refractivity contribution in [3.05, 3.63) is 52.8 Å². The number of benzene rings is 2. The Hall–Kier alpha value is -1.75. The third kappa shape index (κ3) is 2.81. The van der Waals surface area contributed by atoms with Gasteiger partial charge in [0, 0.05) is 0 Å². The minimum atomic E-state index is -4.59. The quantitative estimate of drug-likeness (QED) is 0.595. The minimum Gasteiger partial charge on any atom is -0.397 e. The van der Waals surface area contributed by atoms with E-state index in [0.29, 0.717) is 5.56 Å². The van der Waals surface area contributed by atoms with Gasteiger partial charge in [-0.15, -0.1) is 0 Å². The van der Waals surface area contributed by atoms with Crippen LogP contribution in [0.5, 0.6) is 0 Å². The number of hydrogen-bond donors (Lipinski definition) is 1. The van der Waals surface area contributed by atoms with Gasteiger partial charge < -0.3 is 5.73 Å². The highest BCUT2D eigenvalue weighted by Gasteiger charge is 2.34. The Morgan fingerprint density at radius 1 is 0.947 bits per heavy atom. The topological polar surface area (TPSA) is 26.0 Å². The zero-order valence-electron chi connectivity index (χ0n) is 9.43. The average molecular weight is 290 g/mol. The summed E-state index contributed by atoms with van der Waals surface area (Å²) in [7, 11) is 0. The summed E-state index contributed by atoms with van der Waals surface area (Å²) in [5.74, 6) is -0.471. The average Bonchev–Trinajstić information content (AvgIpc) is 2.32. The number of hydrogen-bond acceptors (Lipinski definition) is 1. The highest BCUT2D eigenvalue weighted by Crippen LogP contribution is 2.40. The summed E-state index contributed by atoms with van der Waals surface area (Å²) in [6, 6.07) is 7.28. The van der Waals surface area contributed by atoms with Crippen molar-refractivity contribution in [2.45, 2.75) is 6.18 Å². The van der Waals surface area contributed by atoms with E-state index in [0.717, 1.165) is 18.2 Å². The van der Waals surface area contributed by atoms with Gasteiger partial charge >= 0.3 is 6.18 Å². The maximum absolute atomic E-state index is 12.8. The van der Waals surface area contributed by atoms with Crippen LogP contribution in [0.3, 0.4) is 0 Å². The fourth-order valence-electron chi connectivity index (χ4n) is 1.66. The summed E-state index contributed by atoms with van der Waals surface area (Å²) in [5.41, 5.74) is 4.47. The molecule has 0 aliphatic carbocycles. The second-order valence-corrected chi connectivity index (χ2v) is 4.33. The van der Waals surface area contributed by atoms with Crippen LogP contribution in [0.1, 0.15) is 5.56 Å². The normalized spacial score (nSPS) is 11.6. The van der Waals surface area contributed by atoms with Crippen molar-refractivity contribution in [2.75, 3.05) is 5.73 Å². The fourth-order valence-corrected chi connectivity index (χ4v) is 1.88. The molecule has 2 N–H and O–H groups in total. The molecule has 0 heterocycles. The largest absolute Gasteiger partial charge is 0.418 e. The first kappa shape index (κ1) is 13.7. The molecule has 0 aliphatic rings. The van der Waals surface area contributed by atoms with Crippen LogP contribution in [0.15, 0.2) is 36.4 Å². The van der Waals surface area contributed by atoms with Crippen LogP contribution < -0.4 is 5.73 Å². The number of alkyl halides is 3. The van der Waals surface area contributed by atoms with E-state index in [1.807, 2.05) is 0 Å². The van der Waals surface area contributed by atoms with Crippen molar-refractivity contribution in [3.63, 3.8) is 0 Å². The molecule has 0 amide bonds. The summed E-state index contributed by atoms with van der Waals surface area (Å²) in [4.78, 5) is 0. The van der Waals surface area contributed by atoms with E-state index in [4.69, 9.17) is 17.3 Å². The Bertz CT molecular complexity index is 605. The van der Waals surface area contributed by atoms with Crippen molar-refractivity contribution in [2.24, 2.45) is 0 Å². The molecule has 1 nitrogen and oxygen atoms in total. The van der Waals surface area contributed by atoms with Crippen LogP contribution in [0.25, 0.3) is 11.1 Å². The van der Waals surface area contributed by atoms with Gasteiger partial charge in [-0.05, 0) is 35.4 Å². The molecule has 0 saturated heterocycles. The van der Waals surface area contributed by atoms with Crippen molar-refractivity contribution >= 4 is 17.3 Å². The number of rotatable bonds is 1. The summed E-state index contributed by atoms with van der Waals surface area (Å²) in [6.45, 7) is 0. The van der Waals surface area contributed by atoms with Crippen LogP contribution in [0.4, 0.5) is 23.2 Å². The molecule has 19 heavy (non-hydrogen) atoms. The van der Waals surface area contributed by atoms with E-state index in [-0.39, 0.29) is 10.6 Å². The predicted molar refractivity (Wildman–Crippen MR) is 66.3 cm³/mol. The van der Waals surface area contributed by atoms with Crippen molar-refractivity contribution in [1.29, 1.82) is 0 Å². The molecule has 0 saturated carbocycles. The van der Waals surface area contributed by atoms with Gasteiger partial charge in [-0.1, -0.05) is 23.7 Å². The molecule has 0 fully saturated rings. The summed E-state index contributed by atoms with van der Waals surface area (Å²) >= 11 is 5.71. The molecule has 0 spiro atoms. The van der Waals surface area contributed by atoms with Crippen LogP contribution in [-0.4, -0.2) is 0 Å². The molecular weight excluding hydrogens is 282 g/mol. The van der Waals surface area contributed by atoms with Gasteiger partial charge in [0.1, 0.15) is 5.82 Å². The summed E-state index contributed by atoms with van der Waals surface area (Å²) in [5, 5.41) is -0.186. The van der Waals surface area contributed by atoms with Gasteiger partial charge in [-0.25, -0.2) is 4.39 Å². The second-order valence-electron chi connectivity index (χ2n) is 3.92. The third-order valence-corrected chi connectivity index (χ3v) is 2.93. The minimum absolute atomic E-state index is 0.186. The van der Waals surface area contributed by atoms with Crippen LogP contribution >= 0.6 is 11.6 Å². The van der Waals surface area contributed by atoms with Crippen molar-refractivity contribution < 1.29 is 17.6 Å². The lowest BCUT2D eigenvalue weighted by molar-refractivity contribution is -0.136. The van der Waals surface area contributed by atoms with E-state index in [2.05, 4.69) is 0 Å². The maximum atomic E-state index is 12.8. The SMILES string of the molecule is Nc1c(Cl)cc(-c2ccc(F)cc2)cc1C(F)(F)F. The number of nitrogens with two attached hydrogens (primary N) is 1. The molecule has 0 unspecified atom stereocenters. The van der Waals surface area contributed by atoms with E-state index < -0.39 is 23.2 Å². The first-order chi connectivity index (χ1) is 8.79. The molecular formula is C13H8ClF4N. The van der Waals surface area contributed by atoms with Crippen molar-refractivity contribution in [3.8, 4) is 11.1 Å². The second kappa shape index (κ2) is 4.74. The fraction of sp³-hybridized carbons (Fsp3) is 0.0769. The highest BCUT2D eigenvalue weighted by atomic mass is 35.5. The summed E-state index contributed by atoms with van der Waals surface area (Å²) in [6.07, 6.45) is -4.59. The Kier molecular flexibility index (Phi) is 3.41. The smallest absolute Gasteiger partial charge is 0.397 e. The molecule has 0 aliphatic heterocycles. The van der Waals surface area contributed by atoms with E-state index in [1.165, 1.54) is 18.2 Å². The number of halogens is 5. The first-order valence-corrected chi connectivity index (χ1v) is 5.59. The van der Waals surface area contributed by atoms with Crippen LogP contribution in [0, 0.1) is 5.82 Å². The Labute approximate surface area is 111 Å². The lowest BCUT2D eigenvalue weighted by Gasteiger charge is -2.13. The Morgan fingerprint density at radius 2 is 1.53 bits per heavy atom. The van der Waals surface area contributed by atoms with Gasteiger partial charge in [0.2, 0.25) is 0 Å². The molecule has 0 atom stereocenters. The van der Waals surface area contributed by atoms with E-state index >= 15 is 0 Å². The standard InChI is InChI=1S/C13H8ClF4N/c14-11-6-8(7-1-3-9(15)4-2-7)5-10(12(11)19)13(16,17)18/h1-6H,19H2. The number of anilines is 1. The lowest BCUT2D eigenvalue weighted by Crippen LogP contribution is -2.09. The first-order valence-electron chi connectivity index (χ1n) is 5.21. The third-order valence-electron chi connectivity index (χ3n) is 2.61. The van der Waals surface area contributed by atoms with Crippen molar-refractivity contribution in [1.82, 2.24) is 0 Å². The van der Waals surface area contributed by atoms with Gasteiger partial charge in [-0.3, -0.25) is 0 Å². The van der Waals surface area contributed by atoms with Crippen LogP contribution in [0.2, 0.25) is 5.02 Å². The van der Waals surface area contributed by atoms with Crippen LogP contribution in [-0.2, 0) is 6.18 Å². The number of nitrogen functional groups attached to an aromatic ring is 1. The highest BCUT2D eigenvalue weighted by molar-refractivity contribution is 6.33. The lowest BCUT2D eigenvalue weighted by atomic mass is 10.0. The molecule has 0 radical (unpaired) electrons. The van der Waals surface area contributed by atoms with E-state index in [9.17, 15) is 17.6 Å². The molecule has 0 bridgehead atoms. The van der Waals surface area contributed by atoms with Gasteiger partial charge in [-0.2, -0.15) is 13.2 Å². The molecule has 100 valence electrons. The van der Waals surface area contributed by atoms with Gasteiger partial charge in [0.25, 0.3) is 0 Å². The molecule has 2 aromatic rings. The maximum Gasteiger partial charge on any atom is 0.418 e. The molecule has 6 heteroatoms. The van der Waals surface area contributed by atoms with Gasteiger partial charge in [0.05, 0.1) is 16.3 Å². The van der Waals surface area contributed by atoms with Gasteiger partial charge in [0.15, 0.2) is 0 Å². The Morgan fingerprint density at radius 3 is 2.05 bits per heavy atom. The van der Waals surface area contributed by atoms with E-state index in [1.54, 1.807) is 0 Å². The molecule has 2 rings (SSSR count). The zero-order valence-corrected chi connectivity index (χ0v) is 10.2. The Balaban J connectivity index is 2.60. The molecule has 2 aromatic carbocycles. The molecule has 0 aromatic heterocycles.